The van der Waals surface area contributed by atoms with Crippen molar-refractivity contribution in [2.24, 2.45) is 4.99 Å². The van der Waals surface area contributed by atoms with Gasteiger partial charge in [0.1, 0.15) is 5.75 Å². The standard InChI is InChI=1S/C20H26N4O/c1-15-5-4-6-18(23-15)13-22-20(21-2)24-12-11-17(14-24)16-7-9-19(25-3)10-8-16/h4-10,17H,11-14H2,1-3H3,(H,21,22). The van der Waals surface area contributed by atoms with Crippen molar-refractivity contribution in [3.63, 3.8) is 0 Å². The van der Waals surface area contributed by atoms with Gasteiger partial charge in [-0.2, -0.15) is 0 Å². The molecule has 0 saturated carbocycles. The highest BCUT2D eigenvalue weighted by atomic mass is 16.5. The molecule has 1 aliphatic heterocycles. The molecule has 0 aliphatic carbocycles. The first kappa shape index (κ1) is 17.3. The van der Waals surface area contributed by atoms with E-state index in [4.69, 9.17) is 4.74 Å². The van der Waals surface area contributed by atoms with Crippen molar-refractivity contribution in [3.8, 4) is 5.75 Å². The molecule has 1 saturated heterocycles. The van der Waals surface area contributed by atoms with Crippen molar-refractivity contribution in [1.82, 2.24) is 15.2 Å². The van der Waals surface area contributed by atoms with Gasteiger partial charge in [0.25, 0.3) is 0 Å². The van der Waals surface area contributed by atoms with E-state index < -0.39 is 0 Å². The average molecular weight is 338 g/mol. The van der Waals surface area contributed by atoms with Crippen molar-refractivity contribution in [2.75, 3.05) is 27.2 Å². The average Bonchev–Trinajstić information content (AvgIpc) is 3.12. The number of ether oxygens (including phenoxy) is 1. The number of nitrogens with one attached hydrogen (secondary N) is 1. The Labute approximate surface area is 149 Å². The van der Waals surface area contributed by atoms with E-state index in [0.29, 0.717) is 12.5 Å². The van der Waals surface area contributed by atoms with Crippen molar-refractivity contribution in [3.05, 3.63) is 59.4 Å². The molecule has 2 aromatic rings. The lowest BCUT2D eigenvalue weighted by Crippen LogP contribution is -2.39. The van der Waals surface area contributed by atoms with E-state index in [-0.39, 0.29) is 0 Å². The fourth-order valence-corrected chi connectivity index (χ4v) is 3.30. The van der Waals surface area contributed by atoms with E-state index in [2.05, 4.69) is 32.3 Å². The van der Waals surface area contributed by atoms with Crippen molar-refractivity contribution in [1.29, 1.82) is 0 Å². The first-order chi connectivity index (χ1) is 12.2. The van der Waals surface area contributed by atoms with Crippen molar-refractivity contribution in [2.45, 2.75) is 25.8 Å². The molecule has 2 heterocycles. The molecule has 0 bridgehead atoms. The van der Waals surface area contributed by atoms with Crippen molar-refractivity contribution >= 4 is 5.96 Å². The maximum absolute atomic E-state index is 5.25. The predicted molar refractivity (Wildman–Crippen MR) is 101 cm³/mol. The van der Waals surface area contributed by atoms with Gasteiger partial charge in [0.15, 0.2) is 5.96 Å². The second kappa shape index (κ2) is 8.01. The third-order valence-electron chi connectivity index (χ3n) is 4.66. The van der Waals surface area contributed by atoms with Crippen LogP contribution in [-0.4, -0.2) is 43.1 Å². The maximum Gasteiger partial charge on any atom is 0.193 e. The smallest absolute Gasteiger partial charge is 0.193 e. The number of rotatable bonds is 4. The van der Waals surface area contributed by atoms with Crippen LogP contribution >= 0.6 is 0 Å². The fraction of sp³-hybridized carbons (Fsp3) is 0.400. The predicted octanol–water partition coefficient (Wildman–Crippen LogP) is 2.96. The number of aryl methyl sites for hydroxylation is 1. The summed E-state index contributed by atoms with van der Waals surface area (Å²) in [6, 6.07) is 14.5. The quantitative estimate of drug-likeness (QED) is 0.688. The van der Waals surface area contributed by atoms with Crippen LogP contribution < -0.4 is 10.1 Å². The number of benzene rings is 1. The van der Waals surface area contributed by atoms with Crippen LogP contribution in [0.15, 0.2) is 47.5 Å². The molecule has 1 atom stereocenters. The second-order valence-electron chi connectivity index (χ2n) is 6.38. The Kier molecular flexibility index (Phi) is 5.53. The lowest BCUT2D eigenvalue weighted by Gasteiger charge is -2.21. The molecule has 25 heavy (non-hydrogen) atoms. The van der Waals surface area contributed by atoms with Gasteiger partial charge in [-0.15, -0.1) is 0 Å². The summed E-state index contributed by atoms with van der Waals surface area (Å²) >= 11 is 0. The van der Waals surface area contributed by atoms with Gasteiger partial charge in [-0.05, 0) is 43.2 Å². The van der Waals surface area contributed by atoms with Gasteiger partial charge in [0.2, 0.25) is 0 Å². The van der Waals surface area contributed by atoms with Gasteiger partial charge in [-0.25, -0.2) is 0 Å². The third-order valence-corrected chi connectivity index (χ3v) is 4.66. The Balaban J connectivity index is 1.59. The summed E-state index contributed by atoms with van der Waals surface area (Å²) < 4.78 is 5.25. The number of likely N-dealkylation sites (tertiary alicyclic amines) is 1. The van der Waals surface area contributed by atoms with Crippen LogP contribution in [0.1, 0.15) is 29.3 Å². The Morgan fingerprint density at radius 2 is 2.08 bits per heavy atom. The molecule has 1 N–H and O–H groups in total. The number of hydrogen-bond donors (Lipinski definition) is 1. The van der Waals surface area contributed by atoms with Crippen LogP contribution in [0.4, 0.5) is 0 Å². The molecule has 5 nitrogen and oxygen atoms in total. The van der Waals surface area contributed by atoms with E-state index in [1.165, 1.54) is 5.56 Å². The first-order valence-electron chi connectivity index (χ1n) is 8.71. The van der Waals surface area contributed by atoms with Crippen LogP contribution in [0.5, 0.6) is 5.75 Å². The molecule has 1 fully saturated rings. The van der Waals surface area contributed by atoms with Crippen molar-refractivity contribution < 1.29 is 4.74 Å². The molecule has 3 rings (SSSR count). The number of hydrogen-bond acceptors (Lipinski definition) is 3. The zero-order valence-electron chi connectivity index (χ0n) is 15.2. The van der Waals surface area contributed by atoms with Crippen LogP contribution in [0.25, 0.3) is 0 Å². The number of nitrogens with zero attached hydrogens (tertiary/aromatic N) is 3. The summed E-state index contributed by atoms with van der Waals surface area (Å²) in [5.41, 5.74) is 3.43. The normalized spacial score (nSPS) is 17.6. The second-order valence-corrected chi connectivity index (χ2v) is 6.38. The molecule has 0 spiro atoms. The van der Waals surface area contributed by atoms with Crippen LogP contribution in [-0.2, 0) is 6.54 Å². The molecule has 0 radical (unpaired) electrons. The van der Waals surface area contributed by atoms with E-state index in [9.17, 15) is 0 Å². The Morgan fingerprint density at radius 1 is 1.28 bits per heavy atom. The van der Waals surface area contributed by atoms with Gasteiger partial charge in [0.05, 0.1) is 19.3 Å². The zero-order valence-corrected chi connectivity index (χ0v) is 15.2. The Morgan fingerprint density at radius 3 is 2.76 bits per heavy atom. The lowest BCUT2D eigenvalue weighted by atomic mass is 9.98. The summed E-state index contributed by atoms with van der Waals surface area (Å²) in [7, 11) is 3.54. The molecule has 1 aromatic carbocycles. The van der Waals surface area contributed by atoms with Crippen LogP contribution in [0.2, 0.25) is 0 Å². The van der Waals surface area contributed by atoms with Gasteiger partial charge in [0, 0.05) is 31.7 Å². The SMILES string of the molecule is CN=C(NCc1cccc(C)n1)N1CCC(c2ccc(OC)cc2)C1. The van der Waals surface area contributed by atoms with E-state index in [0.717, 1.165) is 42.6 Å². The van der Waals surface area contributed by atoms with E-state index in [1.54, 1.807) is 7.11 Å². The van der Waals surface area contributed by atoms with Crippen LogP contribution in [0, 0.1) is 6.92 Å². The zero-order chi connectivity index (χ0) is 17.6. The minimum absolute atomic E-state index is 0.529. The molecular weight excluding hydrogens is 312 g/mol. The molecule has 0 amide bonds. The molecule has 1 aromatic heterocycles. The maximum atomic E-state index is 5.25. The summed E-state index contributed by atoms with van der Waals surface area (Å²) in [6.45, 7) is 4.70. The topological polar surface area (TPSA) is 49.8 Å². The van der Waals surface area contributed by atoms with Crippen LogP contribution in [0.3, 0.4) is 0 Å². The highest BCUT2D eigenvalue weighted by molar-refractivity contribution is 5.80. The van der Waals surface area contributed by atoms with E-state index >= 15 is 0 Å². The van der Waals surface area contributed by atoms with E-state index in [1.807, 2.05) is 44.3 Å². The molecule has 5 heteroatoms. The third kappa shape index (κ3) is 4.29. The molecular formula is C20H26N4O. The molecule has 1 aliphatic rings. The van der Waals surface area contributed by atoms with Gasteiger partial charge in [-0.3, -0.25) is 9.98 Å². The number of pyridine rings is 1. The lowest BCUT2D eigenvalue weighted by molar-refractivity contribution is 0.414. The highest BCUT2D eigenvalue weighted by Crippen LogP contribution is 2.28. The Bertz CT molecular complexity index is 727. The van der Waals surface area contributed by atoms with Gasteiger partial charge < -0.3 is 15.0 Å². The number of methoxy groups -OCH3 is 1. The monoisotopic (exact) mass is 338 g/mol. The molecule has 1 unspecified atom stereocenters. The minimum Gasteiger partial charge on any atom is -0.497 e. The highest BCUT2D eigenvalue weighted by Gasteiger charge is 2.26. The molecule has 132 valence electrons. The first-order valence-corrected chi connectivity index (χ1v) is 8.71. The number of aromatic nitrogens is 1. The van der Waals surface area contributed by atoms with Gasteiger partial charge >= 0.3 is 0 Å². The summed E-state index contributed by atoms with van der Waals surface area (Å²) in [5, 5.41) is 3.44. The summed E-state index contributed by atoms with van der Waals surface area (Å²) in [6.07, 6.45) is 1.13. The summed E-state index contributed by atoms with van der Waals surface area (Å²) in [4.78, 5) is 11.3. The Hall–Kier alpha value is -2.56. The minimum atomic E-state index is 0.529. The number of guanidine groups is 1. The summed E-state index contributed by atoms with van der Waals surface area (Å²) in [5.74, 6) is 2.38. The van der Waals surface area contributed by atoms with Gasteiger partial charge in [-0.1, -0.05) is 18.2 Å². The number of aliphatic imine (C=N–C) groups is 1. The fourth-order valence-electron chi connectivity index (χ4n) is 3.30. The largest absolute Gasteiger partial charge is 0.497 e.